The van der Waals surface area contributed by atoms with E-state index in [-0.39, 0.29) is 23.2 Å². The van der Waals surface area contributed by atoms with E-state index in [1.54, 1.807) is 6.08 Å². The highest BCUT2D eigenvalue weighted by Crippen LogP contribution is 2.49. The molecule has 16 heavy (non-hydrogen) atoms. The molecule has 0 N–H and O–H groups in total. The molecule has 0 aromatic rings. The maximum absolute atomic E-state index is 11.9. The first kappa shape index (κ1) is 11.5. The Morgan fingerprint density at radius 2 is 2.25 bits per heavy atom. The molecule has 3 heteroatoms. The van der Waals surface area contributed by atoms with Crippen molar-refractivity contribution in [3.05, 3.63) is 12.7 Å². The van der Waals surface area contributed by atoms with Gasteiger partial charge in [0.1, 0.15) is 11.9 Å². The van der Waals surface area contributed by atoms with Crippen LogP contribution in [0.2, 0.25) is 0 Å². The van der Waals surface area contributed by atoms with Crippen LogP contribution < -0.4 is 0 Å². The van der Waals surface area contributed by atoms with Gasteiger partial charge < -0.3 is 4.74 Å². The molecule has 2 aliphatic rings. The summed E-state index contributed by atoms with van der Waals surface area (Å²) in [5.41, 5.74) is -0.320. The van der Waals surface area contributed by atoms with Gasteiger partial charge in [-0.2, -0.15) is 0 Å². The molecule has 0 heterocycles. The van der Waals surface area contributed by atoms with Gasteiger partial charge in [-0.05, 0) is 12.8 Å². The fourth-order valence-corrected chi connectivity index (χ4v) is 3.04. The van der Waals surface area contributed by atoms with Gasteiger partial charge in [-0.25, -0.2) is 0 Å². The minimum absolute atomic E-state index is 0.0844. The van der Waals surface area contributed by atoms with Crippen molar-refractivity contribution >= 4 is 11.6 Å². The molecular formula is C13H18O3. The van der Waals surface area contributed by atoms with E-state index in [1.165, 1.54) is 0 Å². The second kappa shape index (κ2) is 4.13. The van der Waals surface area contributed by atoms with Crippen LogP contribution in [-0.2, 0) is 14.3 Å². The summed E-state index contributed by atoms with van der Waals surface area (Å²) in [6.45, 7) is 5.96. The monoisotopic (exact) mass is 222 g/mol. The Balaban J connectivity index is 2.19. The summed E-state index contributed by atoms with van der Waals surface area (Å²) < 4.78 is 5.55. The first-order valence-electron chi connectivity index (χ1n) is 5.88. The third-order valence-corrected chi connectivity index (χ3v) is 4.10. The topological polar surface area (TPSA) is 43.4 Å². The molecule has 2 saturated carbocycles. The molecule has 3 atom stereocenters. The SMILES string of the molecule is C=CCOC1C(=O)CCC2(C)C(=O)CCC12. The van der Waals surface area contributed by atoms with Gasteiger partial charge in [0.05, 0.1) is 6.61 Å². The molecule has 0 bridgehead atoms. The van der Waals surface area contributed by atoms with E-state index in [0.29, 0.717) is 31.7 Å². The van der Waals surface area contributed by atoms with Crippen molar-refractivity contribution in [1.82, 2.24) is 0 Å². The summed E-state index contributed by atoms with van der Waals surface area (Å²) in [5.74, 6) is 0.539. The number of hydrogen-bond acceptors (Lipinski definition) is 3. The average molecular weight is 222 g/mol. The Morgan fingerprint density at radius 1 is 1.50 bits per heavy atom. The predicted octanol–water partition coefficient (Wildman–Crippen LogP) is 1.91. The highest BCUT2D eigenvalue weighted by Gasteiger charge is 2.54. The lowest BCUT2D eigenvalue weighted by Crippen LogP contribution is -2.46. The van der Waals surface area contributed by atoms with Crippen LogP contribution in [0.15, 0.2) is 12.7 Å². The molecule has 0 amide bonds. The molecule has 0 radical (unpaired) electrons. The van der Waals surface area contributed by atoms with E-state index in [0.717, 1.165) is 6.42 Å². The van der Waals surface area contributed by atoms with Gasteiger partial charge in [0.2, 0.25) is 0 Å². The minimum atomic E-state index is -0.386. The van der Waals surface area contributed by atoms with Gasteiger partial charge in [-0.1, -0.05) is 13.0 Å². The van der Waals surface area contributed by atoms with Crippen molar-refractivity contribution in [3.63, 3.8) is 0 Å². The van der Waals surface area contributed by atoms with Crippen molar-refractivity contribution in [2.45, 2.75) is 38.7 Å². The maximum atomic E-state index is 11.9. The summed E-state index contributed by atoms with van der Waals surface area (Å²) in [7, 11) is 0. The molecule has 2 aliphatic carbocycles. The van der Waals surface area contributed by atoms with Crippen molar-refractivity contribution in [2.75, 3.05) is 6.61 Å². The van der Waals surface area contributed by atoms with Crippen molar-refractivity contribution in [1.29, 1.82) is 0 Å². The van der Waals surface area contributed by atoms with Gasteiger partial charge in [0.15, 0.2) is 5.78 Å². The number of ether oxygens (including phenoxy) is 1. The van der Waals surface area contributed by atoms with Gasteiger partial charge >= 0.3 is 0 Å². The first-order valence-corrected chi connectivity index (χ1v) is 5.88. The zero-order valence-electron chi connectivity index (χ0n) is 9.70. The Kier molecular flexibility index (Phi) is 2.98. The van der Waals surface area contributed by atoms with Gasteiger partial charge in [0.25, 0.3) is 0 Å². The molecule has 3 unspecified atom stereocenters. The molecule has 88 valence electrons. The first-order chi connectivity index (χ1) is 7.59. The number of hydrogen-bond donors (Lipinski definition) is 0. The number of carbonyl (C=O) groups is 2. The Hall–Kier alpha value is -0.960. The largest absolute Gasteiger partial charge is 0.366 e. The lowest BCUT2D eigenvalue weighted by molar-refractivity contribution is -0.146. The van der Waals surface area contributed by atoms with Gasteiger partial charge in [-0.3, -0.25) is 9.59 Å². The Labute approximate surface area is 95.9 Å². The number of Topliss-reactive ketones (excluding diaryl/α,β-unsaturated/α-hetero) is 2. The molecule has 0 aromatic carbocycles. The van der Waals surface area contributed by atoms with Crippen LogP contribution in [-0.4, -0.2) is 24.3 Å². The summed E-state index contributed by atoms with van der Waals surface area (Å²) in [4.78, 5) is 23.7. The normalized spacial score (nSPS) is 38.6. The fraction of sp³-hybridized carbons (Fsp3) is 0.692. The lowest BCUT2D eigenvalue weighted by atomic mass is 9.67. The van der Waals surface area contributed by atoms with Crippen LogP contribution in [0, 0.1) is 11.3 Å². The van der Waals surface area contributed by atoms with Crippen LogP contribution in [0.5, 0.6) is 0 Å². The van der Waals surface area contributed by atoms with Crippen LogP contribution in [0.4, 0.5) is 0 Å². The quantitative estimate of drug-likeness (QED) is 0.685. The predicted molar refractivity (Wildman–Crippen MR) is 60.0 cm³/mol. The standard InChI is InChI=1S/C13H18O3/c1-3-8-16-12-9-4-5-11(15)13(9,2)7-6-10(12)14/h3,9,12H,1,4-8H2,2H3. The van der Waals surface area contributed by atoms with Crippen LogP contribution >= 0.6 is 0 Å². The van der Waals surface area contributed by atoms with E-state index >= 15 is 0 Å². The Morgan fingerprint density at radius 3 is 2.94 bits per heavy atom. The minimum Gasteiger partial charge on any atom is -0.366 e. The molecule has 0 saturated heterocycles. The van der Waals surface area contributed by atoms with Crippen LogP contribution in [0.25, 0.3) is 0 Å². The fourth-order valence-electron chi connectivity index (χ4n) is 3.04. The molecule has 0 aliphatic heterocycles. The smallest absolute Gasteiger partial charge is 0.161 e. The zero-order chi connectivity index (χ0) is 11.8. The number of ketones is 2. The molecule has 3 nitrogen and oxygen atoms in total. The lowest BCUT2D eigenvalue weighted by Gasteiger charge is -2.39. The third-order valence-electron chi connectivity index (χ3n) is 4.10. The number of fused-ring (bicyclic) bond motifs is 1. The molecular weight excluding hydrogens is 204 g/mol. The van der Waals surface area contributed by atoms with Crippen molar-refractivity contribution in [2.24, 2.45) is 11.3 Å². The highest BCUT2D eigenvalue weighted by molar-refractivity contribution is 5.93. The van der Waals surface area contributed by atoms with Crippen molar-refractivity contribution in [3.8, 4) is 0 Å². The van der Waals surface area contributed by atoms with E-state index in [2.05, 4.69) is 6.58 Å². The van der Waals surface area contributed by atoms with E-state index in [4.69, 9.17) is 4.74 Å². The molecule has 2 rings (SSSR count). The number of carbonyl (C=O) groups excluding carboxylic acids is 2. The van der Waals surface area contributed by atoms with E-state index in [1.807, 2.05) is 6.92 Å². The molecule has 0 spiro atoms. The van der Waals surface area contributed by atoms with Crippen LogP contribution in [0.1, 0.15) is 32.6 Å². The molecule has 2 fully saturated rings. The van der Waals surface area contributed by atoms with E-state index in [9.17, 15) is 9.59 Å². The summed E-state index contributed by atoms with van der Waals surface area (Å²) >= 11 is 0. The Bertz CT molecular complexity index is 334. The second-order valence-corrected chi connectivity index (χ2v) is 4.99. The zero-order valence-corrected chi connectivity index (χ0v) is 9.70. The summed E-state index contributed by atoms with van der Waals surface area (Å²) in [6, 6.07) is 0. The van der Waals surface area contributed by atoms with Crippen LogP contribution in [0.3, 0.4) is 0 Å². The summed E-state index contributed by atoms with van der Waals surface area (Å²) in [6.07, 6.45) is 3.83. The van der Waals surface area contributed by atoms with Gasteiger partial charge in [-0.15, -0.1) is 6.58 Å². The number of rotatable bonds is 3. The molecule has 0 aromatic heterocycles. The highest BCUT2D eigenvalue weighted by atomic mass is 16.5. The third kappa shape index (κ3) is 1.63. The maximum Gasteiger partial charge on any atom is 0.161 e. The summed E-state index contributed by atoms with van der Waals surface area (Å²) in [5, 5.41) is 0. The van der Waals surface area contributed by atoms with Gasteiger partial charge in [0, 0.05) is 24.2 Å². The second-order valence-electron chi connectivity index (χ2n) is 4.99. The van der Waals surface area contributed by atoms with Crippen molar-refractivity contribution < 1.29 is 14.3 Å². The van der Waals surface area contributed by atoms with E-state index < -0.39 is 0 Å². The average Bonchev–Trinajstić information content (AvgIpc) is 2.56.